The molecule has 0 spiro atoms. The first kappa shape index (κ1) is 27.0. The first-order valence-electron chi connectivity index (χ1n) is 13.2. The average molecular weight is 580 g/mol. The highest BCUT2D eigenvalue weighted by Gasteiger charge is 2.26. The van der Waals surface area contributed by atoms with E-state index in [-0.39, 0.29) is 18.4 Å². The van der Waals surface area contributed by atoms with Gasteiger partial charge in [0.15, 0.2) is 22.5 Å². The van der Waals surface area contributed by atoms with Crippen molar-refractivity contribution >= 4 is 23.4 Å². The Morgan fingerprint density at radius 2 is 1.60 bits per heavy atom. The summed E-state index contributed by atoms with van der Waals surface area (Å²) in [6.45, 7) is 0.110. The van der Waals surface area contributed by atoms with E-state index in [1.54, 1.807) is 30.3 Å². The van der Waals surface area contributed by atoms with Crippen LogP contribution in [-0.2, 0) is 12.2 Å². The van der Waals surface area contributed by atoms with Crippen molar-refractivity contribution in [3.63, 3.8) is 0 Å². The second-order valence-corrected chi connectivity index (χ2v) is 10.5. The van der Waals surface area contributed by atoms with E-state index in [4.69, 9.17) is 9.47 Å². The van der Waals surface area contributed by atoms with Gasteiger partial charge in [-0.05, 0) is 47.9 Å². The third-order valence-corrected chi connectivity index (χ3v) is 7.72. The molecule has 1 N–H and O–H groups in total. The molecular formula is C31H25N5O5S. The lowest BCUT2D eigenvalue weighted by atomic mass is 10.0. The molecule has 0 aliphatic carbocycles. The second kappa shape index (κ2) is 12.1. The number of ether oxygens (including phenoxy) is 2. The summed E-state index contributed by atoms with van der Waals surface area (Å²) in [5.41, 5.74) is 3.14. The molecule has 11 heteroatoms. The van der Waals surface area contributed by atoms with E-state index >= 15 is 0 Å². The number of nitrogens with one attached hydrogen (secondary N) is 1. The molecule has 1 unspecified atom stereocenters. The predicted molar refractivity (Wildman–Crippen MR) is 157 cm³/mol. The van der Waals surface area contributed by atoms with Crippen LogP contribution in [0.3, 0.4) is 0 Å². The second-order valence-electron chi connectivity index (χ2n) is 9.51. The zero-order chi connectivity index (χ0) is 28.9. The molecule has 2 heterocycles. The predicted octanol–water partition coefficient (Wildman–Crippen LogP) is 5.91. The van der Waals surface area contributed by atoms with Crippen LogP contribution in [0, 0.1) is 10.1 Å². The van der Waals surface area contributed by atoms with E-state index in [1.807, 2.05) is 65.2 Å². The molecule has 1 amide bonds. The van der Waals surface area contributed by atoms with Gasteiger partial charge in [0.2, 0.25) is 6.79 Å². The Balaban J connectivity index is 1.38. The highest BCUT2D eigenvalue weighted by Crippen LogP contribution is 2.33. The summed E-state index contributed by atoms with van der Waals surface area (Å²) in [5, 5.41) is 24.1. The van der Waals surface area contributed by atoms with Crippen LogP contribution < -0.4 is 14.8 Å². The minimum atomic E-state index is -0.584. The fourth-order valence-corrected chi connectivity index (χ4v) is 5.54. The monoisotopic (exact) mass is 579 g/mol. The van der Waals surface area contributed by atoms with Gasteiger partial charge in [-0.25, -0.2) is 0 Å². The van der Waals surface area contributed by atoms with Gasteiger partial charge >= 0.3 is 0 Å². The van der Waals surface area contributed by atoms with Gasteiger partial charge in [0.1, 0.15) is 0 Å². The quantitative estimate of drug-likeness (QED) is 0.123. The maximum Gasteiger partial charge on any atom is 0.269 e. The topological polar surface area (TPSA) is 121 Å². The third kappa shape index (κ3) is 5.96. The number of rotatable bonds is 10. The SMILES string of the molecule is O=C(NC(Cc1ccccc1)c1nnc(SCc2ccccc2)n1-c1ccc([N+](=O)[O-])cc1)c1ccc2c(c1)OCO2. The number of carbonyl (C=O) groups excluding carboxylic acids is 1. The lowest BCUT2D eigenvalue weighted by Crippen LogP contribution is -2.32. The minimum Gasteiger partial charge on any atom is -0.454 e. The van der Waals surface area contributed by atoms with Gasteiger partial charge in [-0.3, -0.25) is 19.5 Å². The van der Waals surface area contributed by atoms with Crippen molar-refractivity contribution in [1.29, 1.82) is 0 Å². The molecule has 0 radical (unpaired) electrons. The molecule has 0 bridgehead atoms. The Morgan fingerprint density at radius 3 is 2.31 bits per heavy atom. The summed E-state index contributed by atoms with van der Waals surface area (Å²) in [4.78, 5) is 24.5. The fourth-order valence-electron chi connectivity index (χ4n) is 4.62. The molecule has 5 aromatic rings. The summed E-state index contributed by atoms with van der Waals surface area (Å²) in [6.07, 6.45) is 0.436. The van der Waals surface area contributed by atoms with Crippen LogP contribution >= 0.6 is 11.8 Å². The smallest absolute Gasteiger partial charge is 0.269 e. The molecule has 0 saturated carbocycles. The Hall–Kier alpha value is -5.16. The van der Waals surface area contributed by atoms with Crippen molar-refractivity contribution in [1.82, 2.24) is 20.1 Å². The third-order valence-electron chi connectivity index (χ3n) is 6.72. The summed E-state index contributed by atoms with van der Waals surface area (Å²) in [6, 6.07) is 30.4. The minimum absolute atomic E-state index is 0.0243. The number of nitro groups is 1. The number of nitrogens with zero attached hydrogens (tertiary/aromatic N) is 4. The van der Waals surface area contributed by atoms with Gasteiger partial charge in [-0.15, -0.1) is 10.2 Å². The van der Waals surface area contributed by atoms with Crippen LogP contribution in [0.25, 0.3) is 5.69 Å². The van der Waals surface area contributed by atoms with Gasteiger partial charge in [0.05, 0.1) is 11.0 Å². The highest BCUT2D eigenvalue weighted by molar-refractivity contribution is 7.98. The number of nitro benzene ring substituents is 1. The number of benzene rings is 4. The summed E-state index contributed by atoms with van der Waals surface area (Å²) >= 11 is 1.49. The van der Waals surface area contributed by atoms with Crippen molar-refractivity contribution in [3.8, 4) is 17.2 Å². The molecule has 1 aliphatic heterocycles. The maximum absolute atomic E-state index is 13.6. The fraction of sp³-hybridized carbons (Fsp3) is 0.129. The van der Waals surface area contributed by atoms with E-state index in [9.17, 15) is 14.9 Å². The van der Waals surface area contributed by atoms with Crippen molar-refractivity contribution < 1.29 is 19.2 Å². The largest absolute Gasteiger partial charge is 0.454 e. The van der Waals surface area contributed by atoms with Gasteiger partial charge in [-0.2, -0.15) is 0 Å². The zero-order valence-corrected chi connectivity index (χ0v) is 23.1. The lowest BCUT2D eigenvalue weighted by molar-refractivity contribution is -0.384. The maximum atomic E-state index is 13.6. The molecule has 0 fully saturated rings. The molecular weight excluding hydrogens is 554 g/mol. The zero-order valence-electron chi connectivity index (χ0n) is 22.3. The van der Waals surface area contributed by atoms with Crippen molar-refractivity contribution in [2.75, 3.05) is 6.79 Å². The number of amides is 1. The van der Waals surface area contributed by atoms with Crippen molar-refractivity contribution in [2.45, 2.75) is 23.4 Å². The van der Waals surface area contributed by atoms with Crippen LogP contribution in [0.4, 0.5) is 5.69 Å². The van der Waals surface area contributed by atoms with E-state index < -0.39 is 11.0 Å². The Bertz CT molecular complexity index is 1710. The van der Waals surface area contributed by atoms with Crippen LogP contribution in [0.5, 0.6) is 11.5 Å². The molecule has 1 aromatic heterocycles. The Morgan fingerprint density at radius 1 is 0.905 bits per heavy atom. The number of thioether (sulfide) groups is 1. The average Bonchev–Trinajstić information content (AvgIpc) is 3.67. The van der Waals surface area contributed by atoms with Gasteiger partial charge < -0.3 is 14.8 Å². The summed E-state index contributed by atoms with van der Waals surface area (Å²) in [7, 11) is 0. The molecule has 0 saturated heterocycles. The molecule has 6 rings (SSSR count). The number of aromatic nitrogens is 3. The standard InChI is InChI=1S/C31H25N5O5S/c37-30(23-11-16-27-28(18-23)41-20-40-27)32-26(17-21-7-3-1-4-8-21)29-33-34-31(42-19-22-9-5-2-6-10-22)35(29)24-12-14-25(15-13-24)36(38)39/h1-16,18,26H,17,19-20H2,(H,32,37). The molecule has 1 aliphatic rings. The van der Waals surface area contributed by atoms with Crippen LogP contribution in [0.1, 0.15) is 33.4 Å². The Kier molecular flexibility index (Phi) is 7.82. The van der Waals surface area contributed by atoms with Gasteiger partial charge in [0, 0.05) is 29.1 Å². The van der Waals surface area contributed by atoms with Crippen molar-refractivity contribution in [3.05, 3.63) is 136 Å². The highest BCUT2D eigenvalue weighted by atomic mass is 32.2. The first-order valence-corrected chi connectivity index (χ1v) is 14.1. The van der Waals surface area contributed by atoms with Crippen molar-refractivity contribution in [2.24, 2.45) is 0 Å². The van der Waals surface area contributed by atoms with Gasteiger partial charge in [-0.1, -0.05) is 72.4 Å². The summed E-state index contributed by atoms with van der Waals surface area (Å²) < 4.78 is 12.7. The molecule has 42 heavy (non-hydrogen) atoms. The molecule has 210 valence electrons. The number of non-ortho nitro benzene ring substituents is 1. The van der Waals surface area contributed by atoms with Crippen LogP contribution in [0.2, 0.25) is 0 Å². The van der Waals surface area contributed by atoms with E-state index in [1.165, 1.54) is 23.9 Å². The Labute approximate surface area is 245 Å². The number of fused-ring (bicyclic) bond motifs is 1. The van der Waals surface area contributed by atoms with E-state index in [0.29, 0.717) is 45.9 Å². The van der Waals surface area contributed by atoms with Crippen LogP contribution in [-0.4, -0.2) is 32.4 Å². The normalized spacial score (nSPS) is 12.6. The number of hydrogen-bond acceptors (Lipinski definition) is 8. The van der Waals surface area contributed by atoms with Gasteiger partial charge in [0.25, 0.3) is 11.6 Å². The molecule has 4 aromatic carbocycles. The molecule has 1 atom stereocenters. The summed E-state index contributed by atoms with van der Waals surface area (Å²) in [5.74, 6) is 1.92. The number of hydrogen-bond donors (Lipinski definition) is 1. The molecule has 10 nitrogen and oxygen atoms in total. The first-order chi connectivity index (χ1) is 20.5. The van der Waals surface area contributed by atoms with E-state index in [0.717, 1.165) is 11.1 Å². The lowest BCUT2D eigenvalue weighted by Gasteiger charge is -2.20. The van der Waals surface area contributed by atoms with Crippen LogP contribution in [0.15, 0.2) is 108 Å². The number of carbonyl (C=O) groups is 1. The van der Waals surface area contributed by atoms with E-state index in [2.05, 4.69) is 15.5 Å².